The maximum atomic E-state index is 13.2. The molecular formula is C27H38O3. The summed E-state index contributed by atoms with van der Waals surface area (Å²) < 4.78 is 6.19. The van der Waals surface area contributed by atoms with E-state index in [4.69, 9.17) is 4.74 Å². The molecule has 1 heterocycles. The van der Waals surface area contributed by atoms with E-state index in [1.54, 1.807) is 5.57 Å². The number of aliphatic hydroxyl groups is 1. The molecule has 2 saturated carbocycles. The Morgan fingerprint density at radius 1 is 1.20 bits per heavy atom. The lowest BCUT2D eigenvalue weighted by Gasteiger charge is -2.55. The van der Waals surface area contributed by atoms with E-state index in [0.29, 0.717) is 35.9 Å². The number of ether oxygens (including phenoxy) is 1. The Labute approximate surface area is 181 Å². The van der Waals surface area contributed by atoms with Crippen LogP contribution in [0.25, 0.3) is 0 Å². The minimum Gasteiger partial charge on any atom is -0.390 e. The van der Waals surface area contributed by atoms with Crippen LogP contribution in [0, 0.1) is 34.5 Å². The zero-order chi connectivity index (χ0) is 21.3. The van der Waals surface area contributed by atoms with E-state index in [-0.39, 0.29) is 23.0 Å². The number of allylic oxidation sites excluding steroid dienone is 5. The first-order valence-electron chi connectivity index (χ1n) is 12.2. The molecule has 3 nitrogen and oxygen atoms in total. The number of Topliss-reactive ketones (excluding diaryl/α,β-unsaturated/α-hetero) is 1. The topological polar surface area (TPSA) is 46.5 Å². The van der Waals surface area contributed by atoms with Gasteiger partial charge in [-0.15, -0.1) is 0 Å². The Balaban J connectivity index is 1.36. The summed E-state index contributed by atoms with van der Waals surface area (Å²) in [6.45, 7) is 11.6. The summed E-state index contributed by atoms with van der Waals surface area (Å²) in [5, 5.41) is 10.4. The molecule has 0 aromatic carbocycles. The number of hydrogen-bond donors (Lipinski definition) is 1. The summed E-state index contributed by atoms with van der Waals surface area (Å²) in [4.78, 5) is 13.2. The third-order valence-electron chi connectivity index (χ3n) is 9.76. The van der Waals surface area contributed by atoms with Crippen LogP contribution in [-0.2, 0) is 9.53 Å². The fourth-order valence-electron chi connectivity index (χ4n) is 7.80. The van der Waals surface area contributed by atoms with Crippen molar-refractivity contribution in [3.8, 4) is 0 Å². The first-order valence-corrected chi connectivity index (χ1v) is 12.2. The van der Waals surface area contributed by atoms with Crippen molar-refractivity contribution < 1.29 is 14.6 Å². The maximum absolute atomic E-state index is 13.2. The highest BCUT2D eigenvalue weighted by Gasteiger charge is 2.63. The van der Waals surface area contributed by atoms with Crippen molar-refractivity contribution in [1.29, 1.82) is 0 Å². The third-order valence-corrected chi connectivity index (χ3v) is 9.76. The van der Waals surface area contributed by atoms with Gasteiger partial charge in [0.15, 0.2) is 5.78 Å². The summed E-state index contributed by atoms with van der Waals surface area (Å²) in [6.07, 6.45) is 12.2. The van der Waals surface area contributed by atoms with Crippen LogP contribution in [0.4, 0.5) is 0 Å². The van der Waals surface area contributed by atoms with Gasteiger partial charge in [0.05, 0.1) is 18.8 Å². The van der Waals surface area contributed by atoms with Crippen molar-refractivity contribution in [2.45, 2.75) is 84.3 Å². The van der Waals surface area contributed by atoms with Crippen LogP contribution in [0.15, 0.2) is 35.5 Å². The van der Waals surface area contributed by atoms with Gasteiger partial charge >= 0.3 is 0 Å². The molecule has 0 aromatic rings. The Hall–Kier alpha value is -1.19. The van der Waals surface area contributed by atoms with Gasteiger partial charge in [-0.2, -0.15) is 0 Å². The second-order valence-electron chi connectivity index (χ2n) is 11.3. The summed E-state index contributed by atoms with van der Waals surface area (Å²) in [7, 11) is 0. The number of fused-ring (bicyclic) bond motifs is 3. The van der Waals surface area contributed by atoms with Crippen molar-refractivity contribution in [2.24, 2.45) is 34.5 Å². The summed E-state index contributed by atoms with van der Waals surface area (Å²) in [6, 6.07) is 0. The molecule has 3 fully saturated rings. The molecule has 2 bridgehead atoms. The lowest BCUT2D eigenvalue weighted by molar-refractivity contribution is -0.117. The highest BCUT2D eigenvalue weighted by atomic mass is 16.5. The van der Waals surface area contributed by atoms with Gasteiger partial charge in [0.25, 0.3) is 0 Å². The molecule has 3 heteroatoms. The Morgan fingerprint density at radius 2 is 2.00 bits per heavy atom. The van der Waals surface area contributed by atoms with Crippen molar-refractivity contribution in [1.82, 2.24) is 0 Å². The van der Waals surface area contributed by atoms with Gasteiger partial charge in [0, 0.05) is 17.3 Å². The lowest BCUT2D eigenvalue weighted by Crippen LogP contribution is -2.52. The number of carbonyl (C=O) groups is 1. The van der Waals surface area contributed by atoms with E-state index in [1.165, 1.54) is 5.57 Å². The van der Waals surface area contributed by atoms with Gasteiger partial charge in [-0.05, 0) is 74.2 Å². The molecular weight excluding hydrogens is 372 g/mol. The first kappa shape index (κ1) is 20.7. The zero-order valence-electron chi connectivity index (χ0n) is 19.0. The molecule has 7 atom stereocenters. The van der Waals surface area contributed by atoms with Crippen LogP contribution in [0.2, 0.25) is 0 Å². The van der Waals surface area contributed by atoms with Crippen LogP contribution in [0.5, 0.6) is 0 Å². The molecule has 0 amide bonds. The summed E-state index contributed by atoms with van der Waals surface area (Å²) in [5.41, 5.74) is 4.13. The van der Waals surface area contributed by atoms with Crippen molar-refractivity contribution in [2.75, 3.05) is 6.61 Å². The summed E-state index contributed by atoms with van der Waals surface area (Å²) in [5.74, 6) is 2.33. The van der Waals surface area contributed by atoms with Crippen LogP contribution >= 0.6 is 0 Å². The molecule has 30 heavy (non-hydrogen) atoms. The second kappa shape index (κ2) is 7.17. The van der Waals surface area contributed by atoms with Gasteiger partial charge in [0.1, 0.15) is 0 Å². The van der Waals surface area contributed by atoms with E-state index in [2.05, 4.69) is 39.5 Å². The number of ketones is 1. The minimum absolute atomic E-state index is 0.00486. The molecule has 4 aliphatic carbocycles. The number of hydrogen-bond acceptors (Lipinski definition) is 3. The largest absolute Gasteiger partial charge is 0.390 e. The van der Waals surface area contributed by atoms with E-state index in [1.807, 2.05) is 0 Å². The fourth-order valence-corrected chi connectivity index (χ4v) is 7.80. The lowest BCUT2D eigenvalue weighted by atomic mass is 9.48. The van der Waals surface area contributed by atoms with Crippen LogP contribution in [-0.4, -0.2) is 29.7 Å². The number of carbonyl (C=O) groups excluding carboxylic acids is 1. The monoisotopic (exact) mass is 410 g/mol. The highest BCUT2D eigenvalue weighted by Crippen LogP contribution is 2.66. The SMILES string of the molecule is C=C(CCC(=O)C1=CC[C@@H]2C3=CC[C@@H]4[C@H]5OC[C@@]4(CC[C@@H]5O)[C@H]3CC[C@]12C)C(C)C. The smallest absolute Gasteiger partial charge is 0.159 e. The van der Waals surface area contributed by atoms with E-state index in [0.717, 1.165) is 57.1 Å². The quantitative estimate of drug-likeness (QED) is 0.618. The van der Waals surface area contributed by atoms with E-state index >= 15 is 0 Å². The molecule has 0 unspecified atom stereocenters. The maximum Gasteiger partial charge on any atom is 0.159 e. The predicted molar refractivity (Wildman–Crippen MR) is 119 cm³/mol. The third kappa shape index (κ3) is 2.80. The molecule has 1 aliphatic heterocycles. The molecule has 5 aliphatic rings. The van der Waals surface area contributed by atoms with Crippen molar-refractivity contribution >= 4 is 5.78 Å². The Morgan fingerprint density at radius 3 is 2.77 bits per heavy atom. The Kier molecular flexibility index (Phi) is 4.95. The minimum atomic E-state index is -0.285. The van der Waals surface area contributed by atoms with Crippen LogP contribution < -0.4 is 0 Å². The second-order valence-corrected chi connectivity index (χ2v) is 11.3. The van der Waals surface area contributed by atoms with Crippen molar-refractivity contribution in [3.63, 3.8) is 0 Å². The molecule has 0 spiro atoms. The Bertz CT molecular complexity index is 820. The van der Waals surface area contributed by atoms with Crippen LogP contribution in [0.1, 0.15) is 72.1 Å². The predicted octanol–water partition coefficient (Wildman–Crippen LogP) is 5.40. The molecule has 0 aromatic heterocycles. The molecule has 164 valence electrons. The van der Waals surface area contributed by atoms with E-state index in [9.17, 15) is 9.90 Å². The average molecular weight is 411 g/mol. The first-order chi connectivity index (χ1) is 14.3. The number of rotatable bonds is 5. The number of aliphatic hydroxyl groups excluding tert-OH is 1. The zero-order valence-corrected chi connectivity index (χ0v) is 19.0. The van der Waals surface area contributed by atoms with E-state index < -0.39 is 0 Å². The molecule has 1 N–H and O–H groups in total. The van der Waals surface area contributed by atoms with Gasteiger partial charge < -0.3 is 9.84 Å². The van der Waals surface area contributed by atoms with Gasteiger partial charge in [-0.1, -0.05) is 50.6 Å². The van der Waals surface area contributed by atoms with Gasteiger partial charge in [-0.25, -0.2) is 0 Å². The standard InChI is InChI=1S/C27H38O3/c1-16(2)17(3)5-10-23(28)21-9-8-19-18-6-7-22-25-24(29)12-14-27(22,15-30-25)20(18)11-13-26(19,21)4/h6,9,16,19-20,22,24-25,29H,3,5,7-8,10-15H2,1-2,4H3/t19-,20+,22-,24+,25-,26+,27+/m1/s1. The van der Waals surface area contributed by atoms with Gasteiger partial charge in [0.2, 0.25) is 0 Å². The average Bonchev–Trinajstić information content (AvgIpc) is 3.23. The molecule has 0 radical (unpaired) electrons. The molecule has 1 saturated heterocycles. The van der Waals surface area contributed by atoms with Crippen LogP contribution in [0.3, 0.4) is 0 Å². The summed E-state index contributed by atoms with van der Waals surface area (Å²) >= 11 is 0. The van der Waals surface area contributed by atoms with Crippen molar-refractivity contribution in [3.05, 3.63) is 35.5 Å². The highest BCUT2D eigenvalue weighted by molar-refractivity contribution is 5.97. The molecule has 5 rings (SSSR count). The normalized spacial score (nSPS) is 44.1. The van der Waals surface area contributed by atoms with Gasteiger partial charge in [-0.3, -0.25) is 4.79 Å². The fraction of sp³-hybridized carbons (Fsp3) is 0.741.